The van der Waals surface area contributed by atoms with Gasteiger partial charge in [0.15, 0.2) is 5.12 Å². The first-order valence-electron chi connectivity index (χ1n) is 11.0. The molecular weight excluding hydrogens is 392 g/mol. The number of benzene rings is 2. The summed E-state index contributed by atoms with van der Waals surface area (Å²) >= 11 is 1.39. The Bertz CT molecular complexity index is 822. The molecule has 162 valence electrons. The van der Waals surface area contributed by atoms with Crippen LogP contribution in [0, 0.1) is 11.8 Å². The van der Waals surface area contributed by atoms with E-state index >= 15 is 0 Å². The number of epoxide rings is 1. The van der Waals surface area contributed by atoms with E-state index in [-0.39, 0.29) is 17.6 Å². The van der Waals surface area contributed by atoms with Gasteiger partial charge in [-0.15, -0.1) is 0 Å². The van der Waals surface area contributed by atoms with Crippen LogP contribution >= 0.6 is 11.8 Å². The van der Waals surface area contributed by atoms with Crippen LogP contribution in [0.25, 0.3) is 0 Å². The largest absolute Gasteiger partial charge is 0.462 e. The third-order valence-electron chi connectivity index (χ3n) is 6.15. The molecule has 3 rings (SSSR count). The van der Waals surface area contributed by atoms with Crippen LogP contribution in [0.5, 0.6) is 5.75 Å². The van der Waals surface area contributed by atoms with Crippen LogP contribution in [0.2, 0.25) is 0 Å². The van der Waals surface area contributed by atoms with Gasteiger partial charge in [-0.25, -0.2) is 0 Å². The Morgan fingerprint density at radius 3 is 2.13 bits per heavy atom. The van der Waals surface area contributed by atoms with Gasteiger partial charge in [0.1, 0.15) is 12.4 Å². The van der Waals surface area contributed by atoms with Crippen molar-refractivity contribution < 1.29 is 14.3 Å². The Kier molecular flexibility index (Phi) is 7.65. The first-order valence-corrected chi connectivity index (χ1v) is 11.9. The van der Waals surface area contributed by atoms with Crippen molar-refractivity contribution in [1.29, 1.82) is 0 Å². The molecule has 1 saturated heterocycles. The fourth-order valence-electron chi connectivity index (χ4n) is 3.60. The van der Waals surface area contributed by atoms with E-state index in [0.29, 0.717) is 17.6 Å². The molecule has 3 unspecified atom stereocenters. The SMILES string of the molecule is CCC(C)CC(CC)C(=O)Sc1ccc(C(C)(C)c2ccc(OC3CO3)cc2)cc1. The number of carbonyl (C=O) groups is 1. The molecular formula is C26H34O3S. The zero-order chi connectivity index (χ0) is 21.7. The van der Waals surface area contributed by atoms with Crippen molar-refractivity contribution in [3.05, 3.63) is 59.7 Å². The second-order valence-electron chi connectivity index (χ2n) is 8.83. The van der Waals surface area contributed by atoms with E-state index in [2.05, 4.69) is 71.0 Å². The molecule has 0 amide bonds. The van der Waals surface area contributed by atoms with Crippen molar-refractivity contribution in [2.24, 2.45) is 11.8 Å². The molecule has 2 aromatic carbocycles. The van der Waals surface area contributed by atoms with E-state index in [4.69, 9.17) is 9.47 Å². The van der Waals surface area contributed by atoms with Crippen LogP contribution in [0.3, 0.4) is 0 Å². The Labute approximate surface area is 185 Å². The van der Waals surface area contributed by atoms with Gasteiger partial charge in [-0.2, -0.15) is 0 Å². The summed E-state index contributed by atoms with van der Waals surface area (Å²) in [5.74, 6) is 1.57. The summed E-state index contributed by atoms with van der Waals surface area (Å²) in [7, 11) is 0. The molecule has 4 heteroatoms. The lowest BCUT2D eigenvalue weighted by Gasteiger charge is -2.26. The van der Waals surface area contributed by atoms with Gasteiger partial charge < -0.3 is 9.47 Å². The summed E-state index contributed by atoms with van der Waals surface area (Å²) < 4.78 is 10.8. The molecule has 1 aliphatic heterocycles. The van der Waals surface area contributed by atoms with Crippen molar-refractivity contribution in [3.8, 4) is 5.75 Å². The predicted molar refractivity (Wildman–Crippen MR) is 124 cm³/mol. The van der Waals surface area contributed by atoms with Crippen LogP contribution < -0.4 is 4.74 Å². The van der Waals surface area contributed by atoms with Crippen LogP contribution in [0.1, 0.15) is 65.0 Å². The fourth-order valence-corrected chi connectivity index (χ4v) is 4.53. The van der Waals surface area contributed by atoms with E-state index in [1.165, 1.54) is 22.9 Å². The van der Waals surface area contributed by atoms with Crippen molar-refractivity contribution in [3.63, 3.8) is 0 Å². The molecule has 1 heterocycles. The zero-order valence-electron chi connectivity index (χ0n) is 18.8. The van der Waals surface area contributed by atoms with Crippen LogP contribution in [0.4, 0.5) is 0 Å². The summed E-state index contributed by atoms with van der Waals surface area (Å²) in [6.45, 7) is 11.7. The maximum absolute atomic E-state index is 12.8. The Hall–Kier alpha value is -1.78. The summed E-state index contributed by atoms with van der Waals surface area (Å²) in [4.78, 5) is 13.8. The minimum atomic E-state index is -0.135. The lowest BCUT2D eigenvalue weighted by Crippen LogP contribution is -2.18. The molecule has 3 nitrogen and oxygen atoms in total. The molecule has 0 N–H and O–H groups in total. The van der Waals surface area contributed by atoms with Gasteiger partial charge in [-0.3, -0.25) is 4.79 Å². The second kappa shape index (κ2) is 10.0. The summed E-state index contributed by atoms with van der Waals surface area (Å²) in [6, 6.07) is 16.7. The number of carbonyl (C=O) groups excluding carboxylic acids is 1. The van der Waals surface area contributed by atoms with Crippen molar-refractivity contribution in [1.82, 2.24) is 0 Å². The first-order chi connectivity index (χ1) is 14.3. The smallest absolute Gasteiger partial charge is 0.223 e. The van der Waals surface area contributed by atoms with Gasteiger partial charge in [-0.05, 0) is 54.2 Å². The average molecular weight is 427 g/mol. The highest BCUT2D eigenvalue weighted by Gasteiger charge is 2.26. The maximum atomic E-state index is 12.8. The Balaban J connectivity index is 1.65. The van der Waals surface area contributed by atoms with Gasteiger partial charge in [0, 0.05) is 16.2 Å². The minimum absolute atomic E-state index is 0.0749. The topological polar surface area (TPSA) is 38.8 Å². The van der Waals surface area contributed by atoms with Crippen molar-refractivity contribution in [2.45, 2.75) is 70.5 Å². The van der Waals surface area contributed by atoms with Crippen LogP contribution in [-0.2, 0) is 14.9 Å². The summed E-state index contributed by atoms with van der Waals surface area (Å²) in [5, 5.41) is 0.292. The van der Waals surface area contributed by atoms with E-state index in [1.54, 1.807) is 0 Å². The van der Waals surface area contributed by atoms with Gasteiger partial charge in [0.25, 0.3) is 0 Å². The number of hydrogen-bond donors (Lipinski definition) is 0. The minimum Gasteiger partial charge on any atom is -0.462 e. The lowest BCUT2D eigenvalue weighted by molar-refractivity contribution is -0.114. The number of rotatable bonds is 10. The van der Waals surface area contributed by atoms with Gasteiger partial charge in [-0.1, -0.05) is 77.1 Å². The molecule has 2 aromatic rings. The third kappa shape index (κ3) is 5.89. The summed E-state index contributed by atoms with van der Waals surface area (Å²) in [6.07, 6.45) is 2.94. The normalized spacial score (nSPS) is 18.0. The van der Waals surface area contributed by atoms with E-state index < -0.39 is 0 Å². The lowest BCUT2D eigenvalue weighted by atomic mass is 9.78. The molecule has 1 aliphatic rings. The van der Waals surface area contributed by atoms with E-state index in [0.717, 1.165) is 29.9 Å². The number of hydrogen-bond acceptors (Lipinski definition) is 4. The average Bonchev–Trinajstić information content (AvgIpc) is 3.56. The van der Waals surface area contributed by atoms with Gasteiger partial charge in [0.2, 0.25) is 6.29 Å². The number of thioether (sulfide) groups is 1. The van der Waals surface area contributed by atoms with E-state index in [1.807, 2.05) is 12.1 Å². The molecule has 0 bridgehead atoms. The molecule has 0 radical (unpaired) electrons. The second-order valence-corrected chi connectivity index (χ2v) is 9.91. The Morgan fingerprint density at radius 2 is 1.63 bits per heavy atom. The van der Waals surface area contributed by atoms with Crippen molar-refractivity contribution in [2.75, 3.05) is 6.61 Å². The zero-order valence-corrected chi connectivity index (χ0v) is 19.6. The molecule has 1 fully saturated rings. The molecule has 30 heavy (non-hydrogen) atoms. The fraction of sp³-hybridized carbons (Fsp3) is 0.500. The molecule has 0 spiro atoms. The predicted octanol–water partition coefficient (Wildman–Crippen LogP) is 6.83. The standard InChI is InChI=1S/C26H34O3S/c1-6-18(3)16-19(7-2)25(27)30-23-14-10-21(11-15-23)26(4,5)20-8-12-22(13-9-20)29-24-17-28-24/h8-15,18-19,24H,6-7,16-17H2,1-5H3. The maximum Gasteiger partial charge on any atom is 0.223 e. The van der Waals surface area contributed by atoms with Gasteiger partial charge >= 0.3 is 0 Å². The van der Waals surface area contributed by atoms with Crippen molar-refractivity contribution >= 4 is 16.9 Å². The number of ether oxygens (including phenoxy) is 2. The first kappa shape index (κ1) is 22.9. The highest BCUT2D eigenvalue weighted by Crippen LogP contribution is 2.35. The van der Waals surface area contributed by atoms with Gasteiger partial charge in [0.05, 0.1) is 0 Å². The van der Waals surface area contributed by atoms with Crippen LogP contribution in [0.15, 0.2) is 53.4 Å². The Morgan fingerprint density at radius 1 is 1.07 bits per heavy atom. The quantitative estimate of drug-likeness (QED) is 0.308. The molecule has 3 atom stereocenters. The molecule has 0 aliphatic carbocycles. The molecule has 0 saturated carbocycles. The highest BCUT2D eigenvalue weighted by atomic mass is 32.2. The van der Waals surface area contributed by atoms with E-state index in [9.17, 15) is 4.79 Å². The third-order valence-corrected chi connectivity index (χ3v) is 7.19. The molecule has 0 aromatic heterocycles. The highest BCUT2D eigenvalue weighted by molar-refractivity contribution is 8.13. The summed E-state index contributed by atoms with van der Waals surface area (Å²) in [5.41, 5.74) is 2.32. The monoisotopic (exact) mass is 426 g/mol. The van der Waals surface area contributed by atoms with Crippen LogP contribution in [-0.4, -0.2) is 18.0 Å².